The fourth-order valence-corrected chi connectivity index (χ4v) is 4.43. The fraction of sp³-hybridized carbons (Fsp3) is 0.429. The fourth-order valence-electron chi connectivity index (χ4n) is 4.43. The Kier molecular flexibility index (Phi) is 6.10. The smallest absolute Gasteiger partial charge is 0.250 e. The molecule has 0 N–H and O–H groups in total. The first-order valence-electron chi connectivity index (χ1n) is 9.26. The molecule has 150 valence electrons. The van der Waals surface area contributed by atoms with Crippen molar-refractivity contribution in [2.75, 3.05) is 33.9 Å². The molecule has 0 radical (unpaired) electrons. The van der Waals surface area contributed by atoms with Gasteiger partial charge in [0.25, 0.3) is 5.56 Å². The number of nitrogens with zero attached hydrogens (tertiary/aromatic N) is 2. The number of hydrogen-bond donors (Lipinski definition) is 0. The van der Waals surface area contributed by atoms with E-state index in [-0.39, 0.29) is 23.7 Å². The number of benzene rings is 1. The predicted molar refractivity (Wildman–Crippen MR) is 109 cm³/mol. The Morgan fingerprint density at radius 2 is 1.86 bits per heavy atom. The molecule has 0 aliphatic carbocycles. The summed E-state index contributed by atoms with van der Waals surface area (Å²) in [5.41, 5.74) is 1.80. The highest BCUT2D eigenvalue weighted by Gasteiger charge is 2.35. The average Bonchev–Trinajstić information content (AvgIpc) is 2.68. The summed E-state index contributed by atoms with van der Waals surface area (Å²) in [5.74, 6) is 1.97. The quantitative estimate of drug-likeness (QED) is 0.717. The Hall–Kier alpha value is -2.31. The molecule has 3 heterocycles. The summed E-state index contributed by atoms with van der Waals surface area (Å²) in [7, 11) is 3.15. The van der Waals surface area contributed by atoms with Crippen LogP contribution < -0.4 is 15.0 Å². The Bertz CT molecular complexity index is 927. The molecular weight excluding hydrogens is 380 g/mol. The molecule has 2 aromatic rings. The summed E-state index contributed by atoms with van der Waals surface area (Å²) < 4.78 is 12.5. The Labute approximate surface area is 170 Å². The van der Waals surface area contributed by atoms with Crippen molar-refractivity contribution in [3.63, 3.8) is 0 Å². The third kappa shape index (κ3) is 3.80. The molecule has 4 rings (SSSR count). The van der Waals surface area contributed by atoms with Crippen molar-refractivity contribution in [2.24, 2.45) is 5.92 Å². The normalized spacial score (nSPS) is 20.6. The molecule has 0 saturated carbocycles. The lowest BCUT2D eigenvalue weighted by molar-refractivity contribution is 0.0817. The van der Waals surface area contributed by atoms with Crippen LogP contribution in [0.4, 0.5) is 0 Å². The van der Waals surface area contributed by atoms with Gasteiger partial charge < -0.3 is 14.0 Å². The third-order valence-corrected chi connectivity index (χ3v) is 5.63. The second-order valence-corrected chi connectivity index (χ2v) is 7.39. The molecule has 0 spiro atoms. The lowest BCUT2D eigenvalue weighted by Gasteiger charge is -2.42. The molecule has 6 nitrogen and oxygen atoms in total. The van der Waals surface area contributed by atoms with Crippen LogP contribution >= 0.6 is 12.4 Å². The van der Waals surface area contributed by atoms with Gasteiger partial charge >= 0.3 is 0 Å². The summed E-state index contributed by atoms with van der Waals surface area (Å²) in [6, 6.07) is 10.8. The first-order chi connectivity index (χ1) is 13.1. The van der Waals surface area contributed by atoms with Crippen LogP contribution in [-0.4, -0.2) is 49.1 Å². The van der Waals surface area contributed by atoms with Crippen LogP contribution in [0.3, 0.4) is 0 Å². The van der Waals surface area contributed by atoms with Gasteiger partial charge in [0, 0.05) is 42.9 Å². The highest BCUT2D eigenvalue weighted by Crippen LogP contribution is 2.35. The van der Waals surface area contributed by atoms with Gasteiger partial charge in [-0.2, -0.15) is 0 Å². The van der Waals surface area contributed by atoms with Crippen LogP contribution in [0.1, 0.15) is 28.4 Å². The zero-order valence-electron chi connectivity index (χ0n) is 16.1. The summed E-state index contributed by atoms with van der Waals surface area (Å²) >= 11 is 0. The highest BCUT2D eigenvalue weighted by molar-refractivity contribution is 5.98. The number of carbonyl (C=O) groups is 1. The second kappa shape index (κ2) is 8.37. The van der Waals surface area contributed by atoms with Crippen molar-refractivity contribution < 1.29 is 14.3 Å². The van der Waals surface area contributed by atoms with Crippen LogP contribution in [0.25, 0.3) is 0 Å². The SMILES string of the molecule is COc1ccc(C(=O)CN2CC3CC(C2)c2cccc(=O)n2C3)cc1OC.Cl. The first-order valence-corrected chi connectivity index (χ1v) is 9.26. The van der Waals surface area contributed by atoms with E-state index < -0.39 is 0 Å². The van der Waals surface area contributed by atoms with E-state index in [1.165, 1.54) is 0 Å². The highest BCUT2D eigenvalue weighted by atomic mass is 35.5. The van der Waals surface area contributed by atoms with Crippen molar-refractivity contribution in [1.29, 1.82) is 0 Å². The van der Waals surface area contributed by atoms with Gasteiger partial charge in [-0.15, -0.1) is 12.4 Å². The number of methoxy groups -OCH3 is 2. The standard InChI is InChI=1S/C21H24N2O4.ClH/c1-26-19-7-6-15(9-20(19)27-2)18(24)13-22-10-14-8-16(12-22)17-4-3-5-21(25)23(17)11-14;/h3-7,9,14,16H,8,10-13H2,1-2H3;1H. The Morgan fingerprint density at radius 3 is 2.61 bits per heavy atom. The molecule has 2 aliphatic rings. The monoisotopic (exact) mass is 404 g/mol. The maximum absolute atomic E-state index is 12.8. The molecule has 2 bridgehead atoms. The van der Waals surface area contributed by atoms with Crippen LogP contribution in [0, 0.1) is 5.92 Å². The van der Waals surface area contributed by atoms with Crippen LogP contribution in [0.5, 0.6) is 11.5 Å². The molecule has 1 aromatic carbocycles. The van der Waals surface area contributed by atoms with Gasteiger partial charge in [-0.3, -0.25) is 14.5 Å². The summed E-state index contributed by atoms with van der Waals surface area (Å²) in [4.78, 5) is 27.2. The summed E-state index contributed by atoms with van der Waals surface area (Å²) in [6.07, 6.45) is 1.09. The number of carbonyl (C=O) groups excluding carboxylic acids is 1. The number of likely N-dealkylation sites (tertiary alicyclic amines) is 1. The molecule has 2 atom stereocenters. The van der Waals surface area contributed by atoms with Gasteiger partial charge in [-0.05, 0) is 36.6 Å². The molecule has 28 heavy (non-hydrogen) atoms. The summed E-state index contributed by atoms with van der Waals surface area (Å²) in [5, 5.41) is 0. The molecule has 2 unspecified atom stereocenters. The maximum atomic E-state index is 12.8. The van der Waals surface area contributed by atoms with E-state index in [4.69, 9.17) is 9.47 Å². The molecular formula is C21H25ClN2O4. The maximum Gasteiger partial charge on any atom is 0.250 e. The zero-order chi connectivity index (χ0) is 19.0. The largest absolute Gasteiger partial charge is 0.493 e. The molecule has 1 aromatic heterocycles. The number of Topliss-reactive ketones (excluding diaryl/α,β-unsaturated/α-hetero) is 1. The second-order valence-electron chi connectivity index (χ2n) is 7.39. The first kappa shape index (κ1) is 20.4. The van der Waals surface area contributed by atoms with Gasteiger partial charge in [-0.1, -0.05) is 6.07 Å². The Balaban J connectivity index is 0.00000225. The van der Waals surface area contributed by atoms with E-state index in [9.17, 15) is 9.59 Å². The minimum atomic E-state index is 0. The van der Waals surface area contributed by atoms with Crippen molar-refractivity contribution in [1.82, 2.24) is 9.47 Å². The van der Waals surface area contributed by atoms with Crippen molar-refractivity contribution in [3.05, 3.63) is 58.0 Å². The number of ether oxygens (including phenoxy) is 2. The number of ketones is 1. The van der Waals surface area contributed by atoms with Crippen molar-refractivity contribution in [2.45, 2.75) is 18.9 Å². The Morgan fingerprint density at radius 1 is 1.07 bits per heavy atom. The molecule has 0 amide bonds. The van der Waals surface area contributed by atoms with Gasteiger partial charge in [0.05, 0.1) is 20.8 Å². The van der Waals surface area contributed by atoms with E-state index in [2.05, 4.69) is 4.90 Å². The topological polar surface area (TPSA) is 60.8 Å². The number of rotatable bonds is 5. The average molecular weight is 405 g/mol. The van der Waals surface area contributed by atoms with Gasteiger partial charge in [0.2, 0.25) is 0 Å². The van der Waals surface area contributed by atoms with Gasteiger partial charge in [-0.25, -0.2) is 0 Å². The van der Waals surface area contributed by atoms with Crippen molar-refractivity contribution >= 4 is 18.2 Å². The lowest BCUT2D eigenvalue weighted by atomic mass is 9.83. The van der Waals surface area contributed by atoms with E-state index >= 15 is 0 Å². The molecule has 1 fully saturated rings. The van der Waals surface area contributed by atoms with Gasteiger partial charge in [0.1, 0.15) is 0 Å². The minimum Gasteiger partial charge on any atom is -0.493 e. The van der Waals surface area contributed by atoms with Crippen molar-refractivity contribution in [3.8, 4) is 11.5 Å². The van der Waals surface area contributed by atoms with E-state index in [1.54, 1.807) is 38.5 Å². The van der Waals surface area contributed by atoms with Gasteiger partial charge in [0.15, 0.2) is 17.3 Å². The number of pyridine rings is 1. The number of hydrogen-bond acceptors (Lipinski definition) is 5. The number of fused-ring (bicyclic) bond motifs is 4. The number of piperidine rings is 1. The molecule has 2 aliphatic heterocycles. The molecule has 1 saturated heterocycles. The summed E-state index contributed by atoms with van der Waals surface area (Å²) in [6.45, 7) is 2.77. The van der Waals surface area contributed by atoms with Crippen LogP contribution in [0.15, 0.2) is 41.2 Å². The predicted octanol–water partition coefficient (Wildman–Crippen LogP) is 2.59. The number of aromatic nitrogens is 1. The lowest BCUT2D eigenvalue weighted by Crippen LogP contribution is -2.48. The van der Waals surface area contributed by atoms with Crippen LogP contribution in [-0.2, 0) is 6.54 Å². The van der Waals surface area contributed by atoms with E-state index in [0.717, 1.165) is 31.7 Å². The number of halogens is 1. The molecule has 7 heteroatoms. The third-order valence-electron chi connectivity index (χ3n) is 5.63. The van der Waals surface area contributed by atoms with E-state index in [0.29, 0.717) is 35.4 Å². The minimum absolute atomic E-state index is 0. The van der Waals surface area contributed by atoms with E-state index in [1.807, 2.05) is 16.7 Å². The van der Waals surface area contributed by atoms with Crippen LogP contribution in [0.2, 0.25) is 0 Å². The zero-order valence-corrected chi connectivity index (χ0v) is 16.9.